The summed E-state index contributed by atoms with van der Waals surface area (Å²) >= 11 is 5.88. The topological polar surface area (TPSA) is 15.3 Å². The van der Waals surface area contributed by atoms with Gasteiger partial charge >= 0.3 is 0 Å². The van der Waals surface area contributed by atoms with Gasteiger partial charge in [-0.2, -0.15) is 0 Å². The van der Waals surface area contributed by atoms with Crippen molar-refractivity contribution in [3.8, 4) is 0 Å². The van der Waals surface area contributed by atoms with Crippen molar-refractivity contribution in [1.29, 1.82) is 0 Å². The molecule has 2 unspecified atom stereocenters. The second kappa shape index (κ2) is 4.97. The predicted octanol–water partition coefficient (Wildman–Crippen LogP) is 2.67. The Kier molecular flexibility index (Phi) is 3.37. The number of hydrogen-bond donors (Lipinski definition) is 1. The second-order valence-corrected chi connectivity index (χ2v) is 5.58. The van der Waals surface area contributed by atoms with E-state index < -0.39 is 0 Å². The molecule has 17 heavy (non-hydrogen) atoms. The Morgan fingerprint density at radius 2 is 2.00 bits per heavy atom. The van der Waals surface area contributed by atoms with E-state index in [0.29, 0.717) is 6.04 Å². The van der Waals surface area contributed by atoms with Crippen LogP contribution < -0.4 is 5.32 Å². The summed E-state index contributed by atoms with van der Waals surface area (Å²) in [6.07, 6.45) is 4.06. The Labute approximate surface area is 108 Å². The predicted molar refractivity (Wildman–Crippen MR) is 71.3 cm³/mol. The van der Waals surface area contributed by atoms with E-state index in [9.17, 15) is 0 Å². The Morgan fingerprint density at radius 1 is 1.18 bits per heavy atom. The molecule has 2 aliphatic heterocycles. The van der Waals surface area contributed by atoms with Crippen LogP contribution in [-0.4, -0.2) is 30.1 Å². The molecule has 3 rings (SSSR count). The zero-order chi connectivity index (χ0) is 11.7. The third kappa shape index (κ3) is 2.49. The minimum absolute atomic E-state index is 0.688. The Bertz CT molecular complexity index is 376. The molecular weight excluding hydrogens is 232 g/mol. The van der Waals surface area contributed by atoms with E-state index in [1.165, 1.54) is 37.9 Å². The van der Waals surface area contributed by atoms with E-state index in [0.717, 1.165) is 17.6 Å². The first-order valence-corrected chi connectivity index (χ1v) is 6.92. The highest BCUT2D eigenvalue weighted by atomic mass is 35.5. The Balaban J connectivity index is 1.56. The molecular formula is C14H19ClN2. The summed E-state index contributed by atoms with van der Waals surface area (Å²) in [4.78, 5) is 2.64. The van der Waals surface area contributed by atoms with E-state index in [1.807, 2.05) is 12.1 Å². The molecule has 1 aromatic carbocycles. The monoisotopic (exact) mass is 250 g/mol. The molecule has 2 heterocycles. The average molecular weight is 251 g/mol. The van der Waals surface area contributed by atoms with Gasteiger partial charge in [0, 0.05) is 30.2 Å². The number of nitrogens with zero attached hydrogens (tertiary/aromatic N) is 1. The first kappa shape index (κ1) is 11.5. The van der Waals surface area contributed by atoms with Crippen LogP contribution in [0.3, 0.4) is 0 Å². The molecule has 2 nitrogen and oxygen atoms in total. The molecule has 1 aromatic rings. The minimum atomic E-state index is 0.688. The maximum Gasteiger partial charge on any atom is 0.0406 e. The molecule has 3 heteroatoms. The van der Waals surface area contributed by atoms with Crippen LogP contribution in [0.2, 0.25) is 5.02 Å². The first-order valence-electron chi connectivity index (χ1n) is 6.55. The van der Waals surface area contributed by atoms with Crippen LogP contribution in [0.1, 0.15) is 24.8 Å². The van der Waals surface area contributed by atoms with Gasteiger partial charge in [0.2, 0.25) is 0 Å². The van der Waals surface area contributed by atoms with Crippen LogP contribution in [-0.2, 0) is 6.54 Å². The van der Waals surface area contributed by atoms with E-state index in [1.54, 1.807) is 0 Å². The van der Waals surface area contributed by atoms with Crippen LogP contribution in [0.5, 0.6) is 0 Å². The highest BCUT2D eigenvalue weighted by Crippen LogP contribution is 2.28. The SMILES string of the molecule is Clc1ccc(CNC2CCN3CCCC23)cc1. The molecule has 0 aliphatic carbocycles. The zero-order valence-corrected chi connectivity index (χ0v) is 10.8. The number of rotatable bonds is 3. The summed E-state index contributed by atoms with van der Waals surface area (Å²) in [5.74, 6) is 0. The molecule has 0 saturated carbocycles. The molecule has 0 bridgehead atoms. The van der Waals surface area contributed by atoms with Crippen molar-refractivity contribution in [3.63, 3.8) is 0 Å². The average Bonchev–Trinajstić information content (AvgIpc) is 2.91. The van der Waals surface area contributed by atoms with E-state index >= 15 is 0 Å². The van der Waals surface area contributed by atoms with Crippen molar-refractivity contribution in [2.75, 3.05) is 13.1 Å². The molecule has 0 spiro atoms. The van der Waals surface area contributed by atoms with Gasteiger partial charge in [-0.15, -0.1) is 0 Å². The van der Waals surface area contributed by atoms with Gasteiger partial charge in [-0.3, -0.25) is 4.90 Å². The third-order valence-electron chi connectivity index (χ3n) is 4.09. The van der Waals surface area contributed by atoms with E-state index in [2.05, 4.69) is 22.3 Å². The number of halogens is 1. The highest BCUT2D eigenvalue weighted by molar-refractivity contribution is 6.30. The molecule has 2 atom stereocenters. The van der Waals surface area contributed by atoms with E-state index in [4.69, 9.17) is 11.6 Å². The summed E-state index contributed by atoms with van der Waals surface area (Å²) < 4.78 is 0. The van der Waals surface area contributed by atoms with Gasteiger partial charge in [0.25, 0.3) is 0 Å². The van der Waals surface area contributed by atoms with Crippen molar-refractivity contribution in [2.45, 2.75) is 37.9 Å². The summed E-state index contributed by atoms with van der Waals surface area (Å²) in [6, 6.07) is 9.63. The molecule has 0 radical (unpaired) electrons. The Hall–Kier alpha value is -0.570. The smallest absolute Gasteiger partial charge is 0.0406 e. The largest absolute Gasteiger partial charge is 0.308 e. The minimum Gasteiger partial charge on any atom is -0.308 e. The molecule has 2 aliphatic rings. The maximum atomic E-state index is 5.88. The van der Waals surface area contributed by atoms with Crippen molar-refractivity contribution in [3.05, 3.63) is 34.9 Å². The van der Waals surface area contributed by atoms with Gasteiger partial charge in [-0.25, -0.2) is 0 Å². The third-order valence-corrected chi connectivity index (χ3v) is 4.34. The molecule has 0 amide bonds. The van der Waals surface area contributed by atoms with Crippen molar-refractivity contribution < 1.29 is 0 Å². The van der Waals surface area contributed by atoms with Gasteiger partial charge < -0.3 is 5.32 Å². The van der Waals surface area contributed by atoms with Crippen LogP contribution in [0, 0.1) is 0 Å². The standard InChI is InChI=1S/C14H19ClN2/c15-12-5-3-11(4-6-12)10-16-13-7-9-17-8-1-2-14(13)17/h3-6,13-14,16H,1-2,7-10H2. The lowest BCUT2D eigenvalue weighted by Gasteiger charge is -2.21. The van der Waals surface area contributed by atoms with E-state index in [-0.39, 0.29) is 0 Å². The number of nitrogens with one attached hydrogen (secondary N) is 1. The Morgan fingerprint density at radius 3 is 2.82 bits per heavy atom. The number of hydrogen-bond acceptors (Lipinski definition) is 2. The molecule has 1 N–H and O–H groups in total. The van der Waals surface area contributed by atoms with Crippen LogP contribution >= 0.6 is 11.6 Å². The lowest BCUT2D eigenvalue weighted by Crippen LogP contribution is -2.38. The molecule has 92 valence electrons. The molecule has 0 aromatic heterocycles. The van der Waals surface area contributed by atoms with Gasteiger partial charge in [0.1, 0.15) is 0 Å². The molecule has 2 fully saturated rings. The highest BCUT2D eigenvalue weighted by Gasteiger charge is 2.36. The number of benzene rings is 1. The van der Waals surface area contributed by atoms with Gasteiger partial charge in [-0.05, 0) is 43.5 Å². The molecule has 2 saturated heterocycles. The van der Waals surface area contributed by atoms with Crippen LogP contribution in [0.15, 0.2) is 24.3 Å². The van der Waals surface area contributed by atoms with Gasteiger partial charge in [0.15, 0.2) is 0 Å². The fourth-order valence-electron chi connectivity index (χ4n) is 3.17. The maximum absolute atomic E-state index is 5.88. The first-order chi connectivity index (χ1) is 8.33. The van der Waals surface area contributed by atoms with Crippen LogP contribution in [0.4, 0.5) is 0 Å². The lowest BCUT2D eigenvalue weighted by atomic mass is 10.1. The second-order valence-electron chi connectivity index (χ2n) is 5.15. The lowest BCUT2D eigenvalue weighted by molar-refractivity contribution is 0.298. The zero-order valence-electron chi connectivity index (χ0n) is 10.0. The summed E-state index contributed by atoms with van der Waals surface area (Å²) in [7, 11) is 0. The van der Waals surface area contributed by atoms with Crippen LogP contribution in [0.25, 0.3) is 0 Å². The summed E-state index contributed by atoms with van der Waals surface area (Å²) in [6.45, 7) is 3.55. The van der Waals surface area contributed by atoms with Crippen molar-refractivity contribution in [1.82, 2.24) is 10.2 Å². The number of fused-ring (bicyclic) bond motifs is 1. The van der Waals surface area contributed by atoms with Gasteiger partial charge in [0.05, 0.1) is 0 Å². The quantitative estimate of drug-likeness (QED) is 0.888. The fourth-order valence-corrected chi connectivity index (χ4v) is 3.30. The van der Waals surface area contributed by atoms with Gasteiger partial charge in [-0.1, -0.05) is 23.7 Å². The van der Waals surface area contributed by atoms with Crippen molar-refractivity contribution >= 4 is 11.6 Å². The van der Waals surface area contributed by atoms with Crippen molar-refractivity contribution in [2.24, 2.45) is 0 Å². The fraction of sp³-hybridized carbons (Fsp3) is 0.571. The summed E-state index contributed by atoms with van der Waals surface area (Å²) in [5, 5.41) is 4.52. The normalized spacial score (nSPS) is 28.5. The summed E-state index contributed by atoms with van der Waals surface area (Å²) in [5.41, 5.74) is 1.32.